The Hall–Kier alpha value is -1.42. The molecule has 102 valence electrons. The minimum Gasteiger partial charge on any atom is -0.303 e. The van der Waals surface area contributed by atoms with Crippen molar-refractivity contribution in [1.82, 2.24) is 19.5 Å². The highest BCUT2D eigenvalue weighted by Gasteiger charge is 2.20. The van der Waals surface area contributed by atoms with Gasteiger partial charge in [-0.3, -0.25) is 0 Å². The number of hydrogen-bond acceptors (Lipinski definition) is 3. The van der Waals surface area contributed by atoms with Crippen molar-refractivity contribution in [3.63, 3.8) is 0 Å². The third-order valence-corrected chi connectivity index (χ3v) is 4.04. The Labute approximate surface area is 114 Å². The summed E-state index contributed by atoms with van der Waals surface area (Å²) >= 11 is 0. The van der Waals surface area contributed by atoms with Crippen molar-refractivity contribution in [2.45, 2.75) is 33.1 Å². The van der Waals surface area contributed by atoms with Crippen LogP contribution in [-0.2, 0) is 6.42 Å². The highest BCUT2D eigenvalue weighted by Crippen LogP contribution is 2.19. The predicted molar refractivity (Wildman–Crippen MR) is 76.3 cm³/mol. The fourth-order valence-electron chi connectivity index (χ4n) is 2.98. The van der Waals surface area contributed by atoms with E-state index in [2.05, 4.69) is 34.9 Å². The SMILES string of the molecule is CCN1CCCC(Cc2nc3ccc(C)cn3n2)C1. The molecular weight excluding hydrogens is 236 g/mol. The second kappa shape index (κ2) is 5.29. The normalized spacial score (nSPS) is 21.1. The summed E-state index contributed by atoms with van der Waals surface area (Å²) in [5.74, 6) is 1.71. The highest BCUT2D eigenvalue weighted by atomic mass is 15.3. The Balaban J connectivity index is 1.74. The van der Waals surface area contributed by atoms with E-state index in [1.165, 1.54) is 31.5 Å². The Morgan fingerprint density at radius 2 is 2.26 bits per heavy atom. The van der Waals surface area contributed by atoms with Gasteiger partial charge in [0.05, 0.1) is 0 Å². The van der Waals surface area contributed by atoms with Gasteiger partial charge < -0.3 is 4.90 Å². The zero-order valence-corrected chi connectivity index (χ0v) is 11.8. The van der Waals surface area contributed by atoms with Crippen molar-refractivity contribution in [2.24, 2.45) is 5.92 Å². The average molecular weight is 258 g/mol. The Morgan fingerprint density at radius 3 is 3.11 bits per heavy atom. The monoisotopic (exact) mass is 258 g/mol. The molecule has 1 aliphatic heterocycles. The first kappa shape index (κ1) is 12.6. The van der Waals surface area contributed by atoms with E-state index in [-0.39, 0.29) is 0 Å². The van der Waals surface area contributed by atoms with Gasteiger partial charge in [-0.05, 0) is 50.4 Å². The van der Waals surface area contributed by atoms with Crippen LogP contribution in [0.4, 0.5) is 0 Å². The summed E-state index contributed by atoms with van der Waals surface area (Å²) < 4.78 is 1.91. The summed E-state index contributed by atoms with van der Waals surface area (Å²) in [6.07, 6.45) is 5.68. The fraction of sp³-hybridized carbons (Fsp3) is 0.600. The lowest BCUT2D eigenvalue weighted by Gasteiger charge is -2.31. The molecule has 19 heavy (non-hydrogen) atoms. The zero-order chi connectivity index (χ0) is 13.2. The second-order valence-corrected chi connectivity index (χ2v) is 5.64. The maximum Gasteiger partial charge on any atom is 0.155 e. The smallest absolute Gasteiger partial charge is 0.155 e. The highest BCUT2D eigenvalue weighted by molar-refractivity contribution is 5.38. The van der Waals surface area contributed by atoms with Crippen molar-refractivity contribution in [3.05, 3.63) is 29.7 Å². The predicted octanol–water partition coefficient (Wildman–Crippen LogP) is 2.31. The molecule has 0 aromatic carbocycles. The molecule has 0 radical (unpaired) electrons. The van der Waals surface area contributed by atoms with Crippen LogP contribution >= 0.6 is 0 Å². The van der Waals surface area contributed by atoms with Crippen LogP contribution in [0.25, 0.3) is 5.65 Å². The summed E-state index contributed by atoms with van der Waals surface area (Å²) in [5.41, 5.74) is 2.18. The van der Waals surface area contributed by atoms with E-state index in [1.54, 1.807) is 0 Å². The molecule has 1 saturated heterocycles. The summed E-state index contributed by atoms with van der Waals surface area (Å²) in [6.45, 7) is 7.94. The van der Waals surface area contributed by atoms with E-state index in [0.717, 1.165) is 24.4 Å². The number of aryl methyl sites for hydroxylation is 1. The van der Waals surface area contributed by atoms with Crippen LogP contribution in [0.1, 0.15) is 31.2 Å². The van der Waals surface area contributed by atoms with E-state index < -0.39 is 0 Å². The largest absolute Gasteiger partial charge is 0.303 e. The lowest BCUT2D eigenvalue weighted by molar-refractivity contribution is 0.181. The first-order valence-corrected chi connectivity index (χ1v) is 7.29. The third kappa shape index (κ3) is 2.78. The molecule has 1 unspecified atom stereocenters. The summed E-state index contributed by atoms with van der Waals surface area (Å²) in [7, 11) is 0. The number of fused-ring (bicyclic) bond motifs is 1. The van der Waals surface area contributed by atoms with Gasteiger partial charge in [-0.25, -0.2) is 9.50 Å². The van der Waals surface area contributed by atoms with Gasteiger partial charge in [-0.1, -0.05) is 13.0 Å². The van der Waals surface area contributed by atoms with Crippen LogP contribution < -0.4 is 0 Å². The number of nitrogens with zero attached hydrogens (tertiary/aromatic N) is 4. The molecule has 4 heteroatoms. The van der Waals surface area contributed by atoms with Crippen LogP contribution in [0.2, 0.25) is 0 Å². The molecule has 2 aromatic heterocycles. The number of hydrogen-bond donors (Lipinski definition) is 0. The van der Waals surface area contributed by atoms with Crippen LogP contribution in [0.15, 0.2) is 18.3 Å². The van der Waals surface area contributed by atoms with Crippen LogP contribution in [0.3, 0.4) is 0 Å². The Morgan fingerprint density at radius 1 is 1.37 bits per heavy atom. The van der Waals surface area contributed by atoms with Gasteiger partial charge in [0, 0.05) is 19.2 Å². The molecule has 4 nitrogen and oxygen atoms in total. The second-order valence-electron chi connectivity index (χ2n) is 5.64. The van der Waals surface area contributed by atoms with Gasteiger partial charge in [0.1, 0.15) is 0 Å². The summed E-state index contributed by atoms with van der Waals surface area (Å²) in [4.78, 5) is 7.17. The molecule has 0 spiro atoms. The van der Waals surface area contributed by atoms with Crippen molar-refractivity contribution < 1.29 is 0 Å². The van der Waals surface area contributed by atoms with Gasteiger partial charge in [-0.15, -0.1) is 0 Å². The number of aromatic nitrogens is 3. The topological polar surface area (TPSA) is 33.4 Å². The fourth-order valence-corrected chi connectivity index (χ4v) is 2.98. The average Bonchev–Trinajstić information content (AvgIpc) is 2.80. The van der Waals surface area contributed by atoms with E-state index in [0.29, 0.717) is 5.92 Å². The maximum absolute atomic E-state index is 4.63. The molecule has 3 heterocycles. The minimum atomic E-state index is 0.715. The first-order valence-electron chi connectivity index (χ1n) is 7.29. The van der Waals surface area contributed by atoms with E-state index in [1.807, 2.05) is 16.8 Å². The zero-order valence-electron chi connectivity index (χ0n) is 11.8. The number of piperidine rings is 1. The van der Waals surface area contributed by atoms with E-state index in [4.69, 9.17) is 0 Å². The van der Waals surface area contributed by atoms with Gasteiger partial charge in [0.15, 0.2) is 11.5 Å². The molecule has 1 aliphatic rings. The number of pyridine rings is 1. The molecule has 0 aliphatic carbocycles. The molecular formula is C15H22N4. The summed E-state index contributed by atoms with van der Waals surface area (Å²) in [6, 6.07) is 4.14. The third-order valence-electron chi connectivity index (χ3n) is 4.04. The minimum absolute atomic E-state index is 0.715. The molecule has 3 rings (SSSR count). The maximum atomic E-state index is 4.63. The van der Waals surface area contributed by atoms with Crippen LogP contribution in [-0.4, -0.2) is 39.1 Å². The van der Waals surface area contributed by atoms with Crippen molar-refractivity contribution in [3.8, 4) is 0 Å². The van der Waals surface area contributed by atoms with Gasteiger partial charge in [0.25, 0.3) is 0 Å². The molecule has 0 saturated carbocycles. The van der Waals surface area contributed by atoms with Gasteiger partial charge >= 0.3 is 0 Å². The molecule has 1 fully saturated rings. The van der Waals surface area contributed by atoms with Crippen molar-refractivity contribution in [1.29, 1.82) is 0 Å². The van der Waals surface area contributed by atoms with Gasteiger partial charge in [0.2, 0.25) is 0 Å². The van der Waals surface area contributed by atoms with Crippen molar-refractivity contribution >= 4 is 5.65 Å². The lowest BCUT2D eigenvalue weighted by Crippen LogP contribution is -2.36. The standard InChI is InChI=1S/C15H22N4/c1-3-18-8-4-5-13(11-18)9-14-16-15-7-6-12(2)10-19(15)17-14/h6-7,10,13H,3-5,8-9,11H2,1-2H3. The van der Waals surface area contributed by atoms with Crippen LogP contribution in [0, 0.1) is 12.8 Å². The Kier molecular flexibility index (Phi) is 3.51. The van der Waals surface area contributed by atoms with E-state index >= 15 is 0 Å². The van der Waals surface area contributed by atoms with Gasteiger partial charge in [-0.2, -0.15) is 5.10 Å². The number of likely N-dealkylation sites (tertiary alicyclic amines) is 1. The molecule has 0 bridgehead atoms. The summed E-state index contributed by atoms with van der Waals surface area (Å²) in [5, 5.41) is 4.61. The molecule has 0 amide bonds. The Bertz CT molecular complexity index is 560. The quantitative estimate of drug-likeness (QED) is 0.847. The first-order chi connectivity index (χ1) is 9.24. The van der Waals surface area contributed by atoms with E-state index in [9.17, 15) is 0 Å². The molecule has 1 atom stereocenters. The van der Waals surface area contributed by atoms with Crippen LogP contribution in [0.5, 0.6) is 0 Å². The molecule has 2 aromatic rings. The number of rotatable bonds is 3. The lowest BCUT2D eigenvalue weighted by atomic mass is 9.94. The molecule has 0 N–H and O–H groups in total. The van der Waals surface area contributed by atoms with Crippen molar-refractivity contribution in [2.75, 3.05) is 19.6 Å².